The highest BCUT2D eigenvalue weighted by Gasteiger charge is 2.12. The molecule has 1 N–H and O–H groups in total. The van der Waals surface area contributed by atoms with Gasteiger partial charge in [0.15, 0.2) is 0 Å². The summed E-state index contributed by atoms with van der Waals surface area (Å²) in [5, 5.41) is 2.89. The first kappa shape index (κ1) is 22.9. The van der Waals surface area contributed by atoms with E-state index in [0.29, 0.717) is 38.5 Å². The number of carbonyl (C=O) groups excluding carboxylic acids is 2. The number of ether oxygens (including phenoxy) is 3. The molecule has 0 fully saturated rings. The monoisotopic (exact) mass is 377 g/mol. The molecule has 1 aromatic carbocycles. The molecule has 1 rings (SSSR count). The average Bonchev–Trinajstić information content (AvgIpc) is 2.62. The van der Waals surface area contributed by atoms with Gasteiger partial charge in [-0.2, -0.15) is 0 Å². The lowest BCUT2D eigenvalue weighted by atomic mass is 9.96. The van der Waals surface area contributed by atoms with Crippen LogP contribution < -0.4 is 5.32 Å². The van der Waals surface area contributed by atoms with Crippen LogP contribution in [0.4, 0.5) is 0 Å². The highest BCUT2D eigenvalue weighted by atomic mass is 16.6. The third-order valence-electron chi connectivity index (χ3n) is 3.93. The van der Waals surface area contributed by atoms with E-state index < -0.39 is 5.97 Å². The topological polar surface area (TPSA) is 73.9 Å². The van der Waals surface area contributed by atoms with E-state index in [4.69, 9.17) is 14.2 Å². The fourth-order valence-corrected chi connectivity index (χ4v) is 2.64. The van der Waals surface area contributed by atoms with E-state index in [1.54, 1.807) is 6.92 Å². The van der Waals surface area contributed by atoms with Gasteiger partial charge in [0.1, 0.15) is 6.61 Å². The van der Waals surface area contributed by atoms with Crippen LogP contribution in [0.3, 0.4) is 0 Å². The number of amides is 1. The summed E-state index contributed by atoms with van der Waals surface area (Å²) in [6, 6.07) is 4.02. The van der Waals surface area contributed by atoms with E-state index in [9.17, 15) is 9.59 Å². The van der Waals surface area contributed by atoms with Crippen LogP contribution in [0.25, 0.3) is 0 Å². The van der Waals surface area contributed by atoms with Gasteiger partial charge in [-0.25, -0.2) is 4.79 Å². The van der Waals surface area contributed by atoms with Crippen molar-refractivity contribution in [2.24, 2.45) is 0 Å². The van der Waals surface area contributed by atoms with Crippen molar-refractivity contribution in [3.05, 3.63) is 46.5 Å². The Morgan fingerprint density at radius 1 is 1.04 bits per heavy atom. The van der Waals surface area contributed by atoms with Crippen molar-refractivity contribution >= 4 is 11.9 Å². The molecule has 0 aromatic heterocycles. The Hall–Kier alpha value is -2.18. The van der Waals surface area contributed by atoms with E-state index in [-0.39, 0.29) is 12.5 Å². The molecule has 0 spiro atoms. The van der Waals surface area contributed by atoms with Gasteiger partial charge in [-0.05, 0) is 44.4 Å². The molecule has 0 atom stereocenters. The summed E-state index contributed by atoms with van der Waals surface area (Å²) in [5.74, 6) is -0.488. The quantitative estimate of drug-likeness (QED) is 0.344. The molecule has 0 saturated heterocycles. The number of carbonyl (C=O) groups is 2. The van der Waals surface area contributed by atoms with Crippen LogP contribution in [0.5, 0.6) is 0 Å². The molecular formula is C21H31NO5. The zero-order chi connectivity index (χ0) is 20.2. The molecule has 0 aliphatic rings. The van der Waals surface area contributed by atoms with Crippen LogP contribution in [0.1, 0.15) is 40.9 Å². The normalized spacial score (nSPS) is 10.5. The second-order valence-corrected chi connectivity index (χ2v) is 6.36. The van der Waals surface area contributed by atoms with Gasteiger partial charge < -0.3 is 19.5 Å². The molecule has 0 aliphatic carbocycles. The Labute approximate surface area is 161 Å². The highest BCUT2D eigenvalue weighted by Crippen LogP contribution is 2.17. The summed E-state index contributed by atoms with van der Waals surface area (Å²) >= 11 is 0. The molecule has 27 heavy (non-hydrogen) atoms. The molecule has 0 aliphatic heterocycles. The summed E-state index contributed by atoms with van der Waals surface area (Å²) in [7, 11) is 0. The fourth-order valence-electron chi connectivity index (χ4n) is 2.64. The lowest BCUT2D eigenvalue weighted by Crippen LogP contribution is -2.28. The van der Waals surface area contributed by atoms with Gasteiger partial charge in [0.2, 0.25) is 0 Å². The van der Waals surface area contributed by atoms with Crippen LogP contribution in [-0.4, -0.2) is 51.5 Å². The van der Waals surface area contributed by atoms with Gasteiger partial charge in [0.25, 0.3) is 5.91 Å². The third-order valence-corrected chi connectivity index (χ3v) is 3.93. The molecular weight excluding hydrogens is 346 g/mol. The Kier molecular flexibility index (Phi) is 10.4. The van der Waals surface area contributed by atoms with Crippen molar-refractivity contribution < 1.29 is 23.8 Å². The predicted molar refractivity (Wildman–Crippen MR) is 105 cm³/mol. The minimum Gasteiger partial charge on any atom is -0.460 e. The van der Waals surface area contributed by atoms with E-state index in [0.717, 1.165) is 28.7 Å². The fraction of sp³-hybridized carbons (Fsp3) is 0.524. The van der Waals surface area contributed by atoms with Crippen LogP contribution in [0.15, 0.2) is 24.3 Å². The van der Waals surface area contributed by atoms with Crippen molar-refractivity contribution in [2.45, 2.75) is 34.1 Å². The molecule has 1 aromatic rings. The first-order chi connectivity index (χ1) is 12.9. The molecule has 0 bridgehead atoms. The van der Waals surface area contributed by atoms with Gasteiger partial charge in [-0.15, -0.1) is 0 Å². The zero-order valence-corrected chi connectivity index (χ0v) is 16.9. The van der Waals surface area contributed by atoms with E-state index in [1.165, 1.54) is 0 Å². The number of hydrogen-bond donors (Lipinski definition) is 1. The summed E-state index contributed by atoms with van der Waals surface area (Å²) in [5.41, 5.74) is 4.41. The van der Waals surface area contributed by atoms with Crippen molar-refractivity contribution in [3.8, 4) is 0 Å². The lowest BCUT2D eigenvalue weighted by Gasteiger charge is -2.13. The first-order valence-electron chi connectivity index (χ1n) is 9.23. The first-order valence-corrected chi connectivity index (χ1v) is 9.23. The zero-order valence-electron chi connectivity index (χ0n) is 16.9. The van der Waals surface area contributed by atoms with E-state index >= 15 is 0 Å². The molecule has 6 heteroatoms. The number of esters is 1. The number of hydrogen-bond acceptors (Lipinski definition) is 5. The van der Waals surface area contributed by atoms with Crippen LogP contribution >= 0.6 is 0 Å². The Morgan fingerprint density at radius 2 is 1.67 bits per heavy atom. The maximum absolute atomic E-state index is 12.4. The number of benzene rings is 1. The molecule has 0 heterocycles. The maximum Gasteiger partial charge on any atom is 0.333 e. The van der Waals surface area contributed by atoms with Crippen LogP contribution in [0.2, 0.25) is 0 Å². The predicted octanol–water partition coefficient (Wildman–Crippen LogP) is 2.75. The number of rotatable bonds is 12. The third kappa shape index (κ3) is 8.37. The molecule has 0 unspecified atom stereocenters. The Bertz CT molecular complexity index is 654. The molecule has 6 nitrogen and oxygen atoms in total. The van der Waals surface area contributed by atoms with Crippen molar-refractivity contribution in [1.82, 2.24) is 5.32 Å². The van der Waals surface area contributed by atoms with Gasteiger partial charge >= 0.3 is 5.97 Å². The SMILES string of the molecule is C=C(C)C(=O)OCCOCCOCCNC(=O)c1cc(C)cc(C)c1CC. The van der Waals surface area contributed by atoms with Gasteiger partial charge in [0.05, 0.1) is 26.4 Å². The maximum atomic E-state index is 12.4. The number of aryl methyl sites for hydroxylation is 2. The molecule has 0 radical (unpaired) electrons. The Morgan fingerprint density at radius 3 is 2.30 bits per heavy atom. The molecule has 0 saturated carbocycles. The van der Waals surface area contributed by atoms with Crippen LogP contribution in [-0.2, 0) is 25.4 Å². The van der Waals surface area contributed by atoms with Crippen LogP contribution in [0, 0.1) is 13.8 Å². The largest absolute Gasteiger partial charge is 0.460 e. The highest BCUT2D eigenvalue weighted by molar-refractivity contribution is 5.96. The summed E-state index contributed by atoms with van der Waals surface area (Å²) in [4.78, 5) is 23.5. The average molecular weight is 377 g/mol. The van der Waals surface area contributed by atoms with Gasteiger partial charge in [-0.3, -0.25) is 4.79 Å². The second-order valence-electron chi connectivity index (χ2n) is 6.36. The summed E-state index contributed by atoms with van der Waals surface area (Å²) < 4.78 is 15.6. The van der Waals surface area contributed by atoms with Gasteiger partial charge in [-0.1, -0.05) is 25.1 Å². The minimum atomic E-state index is -0.416. The van der Waals surface area contributed by atoms with Crippen molar-refractivity contribution in [2.75, 3.05) is 39.6 Å². The molecule has 150 valence electrons. The van der Waals surface area contributed by atoms with Crippen molar-refractivity contribution in [3.63, 3.8) is 0 Å². The van der Waals surface area contributed by atoms with E-state index in [2.05, 4.69) is 24.9 Å². The summed E-state index contributed by atoms with van der Waals surface area (Å²) in [6.45, 7) is 13.3. The number of nitrogens with one attached hydrogen (secondary N) is 1. The van der Waals surface area contributed by atoms with E-state index in [1.807, 2.05) is 19.9 Å². The standard InChI is InChI=1S/C21H31NO5/c1-6-18-17(5)13-16(4)14-19(18)20(23)22-7-8-25-9-10-26-11-12-27-21(24)15(2)3/h13-14H,2,6-12H2,1,3-5H3,(H,22,23). The second kappa shape index (κ2) is 12.3. The van der Waals surface area contributed by atoms with Gasteiger partial charge in [0, 0.05) is 17.7 Å². The Balaban J connectivity index is 2.16. The lowest BCUT2D eigenvalue weighted by molar-refractivity contribution is -0.140. The smallest absolute Gasteiger partial charge is 0.333 e. The molecule has 1 amide bonds. The van der Waals surface area contributed by atoms with Crippen molar-refractivity contribution in [1.29, 1.82) is 0 Å². The summed E-state index contributed by atoms with van der Waals surface area (Å²) in [6.07, 6.45) is 0.824. The minimum absolute atomic E-state index is 0.0715.